The number of hydrogen-bond donors (Lipinski definition) is 1. The van der Waals surface area contributed by atoms with Crippen molar-refractivity contribution >= 4 is 17.6 Å². The number of carbonyl (C=O) groups is 1. The van der Waals surface area contributed by atoms with Crippen molar-refractivity contribution < 1.29 is 14.3 Å². The van der Waals surface area contributed by atoms with Gasteiger partial charge in [-0.25, -0.2) is 13.9 Å². The third kappa shape index (κ3) is 2.93. The van der Waals surface area contributed by atoms with Crippen molar-refractivity contribution in [2.45, 2.75) is 20.8 Å². The van der Waals surface area contributed by atoms with Gasteiger partial charge >= 0.3 is 5.97 Å². The van der Waals surface area contributed by atoms with Gasteiger partial charge in [-0.2, -0.15) is 5.10 Å². The van der Waals surface area contributed by atoms with E-state index in [9.17, 15) is 9.18 Å². The lowest BCUT2D eigenvalue weighted by Crippen LogP contribution is -2.04. The van der Waals surface area contributed by atoms with Crippen LogP contribution in [0.2, 0.25) is 5.02 Å². The van der Waals surface area contributed by atoms with Crippen LogP contribution in [0.15, 0.2) is 24.4 Å². The molecule has 1 N–H and O–H groups in total. The quantitative estimate of drug-likeness (QED) is 0.915. The topological polar surface area (TPSA) is 55.1 Å². The van der Waals surface area contributed by atoms with Crippen LogP contribution < -0.4 is 0 Å². The Hall–Kier alpha value is -1.88. The summed E-state index contributed by atoms with van der Waals surface area (Å²) in [7, 11) is 0. The lowest BCUT2D eigenvalue weighted by Gasteiger charge is -2.06. The largest absolute Gasteiger partial charge is 0.478 e. The van der Waals surface area contributed by atoms with E-state index in [-0.39, 0.29) is 16.3 Å². The summed E-state index contributed by atoms with van der Waals surface area (Å²) in [6, 6.07) is 4.46. The van der Waals surface area contributed by atoms with Crippen LogP contribution in [0.5, 0.6) is 0 Å². The summed E-state index contributed by atoms with van der Waals surface area (Å²) in [5.74, 6) is -1.73. The number of rotatable bonds is 2. The van der Waals surface area contributed by atoms with Crippen LogP contribution in [0.25, 0.3) is 5.69 Å². The Morgan fingerprint density at radius 3 is 2.58 bits per heavy atom. The molecule has 0 aliphatic rings. The fraction of sp³-hybridized carbons (Fsp3) is 0.231. The van der Waals surface area contributed by atoms with Gasteiger partial charge in [0.05, 0.1) is 16.9 Å². The molecule has 2 rings (SSSR count). The number of aromatic nitrogens is 2. The third-order valence-electron chi connectivity index (χ3n) is 2.40. The third-order valence-corrected chi connectivity index (χ3v) is 2.69. The van der Waals surface area contributed by atoms with Crippen LogP contribution >= 0.6 is 11.6 Å². The Labute approximate surface area is 115 Å². The number of carboxylic acid groups (broad SMARTS) is 1. The van der Waals surface area contributed by atoms with Crippen molar-refractivity contribution in [2.24, 2.45) is 0 Å². The number of benzene rings is 1. The first-order valence-electron chi connectivity index (χ1n) is 5.74. The second-order valence-corrected chi connectivity index (χ2v) is 3.84. The van der Waals surface area contributed by atoms with Gasteiger partial charge < -0.3 is 5.11 Å². The Kier molecular flexibility index (Phi) is 5.06. The summed E-state index contributed by atoms with van der Waals surface area (Å²) >= 11 is 5.65. The molecule has 0 radical (unpaired) electrons. The minimum atomic E-state index is -1.10. The molecule has 1 heterocycles. The van der Waals surface area contributed by atoms with Crippen LogP contribution in [0.3, 0.4) is 0 Å². The molecule has 19 heavy (non-hydrogen) atoms. The normalized spacial score (nSPS) is 9.74. The molecule has 0 atom stereocenters. The van der Waals surface area contributed by atoms with Crippen molar-refractivity contribution in [1.29, 1.82) is 0 Å². The summed E-state index contributed by atoms with van der Waals surface area (Å²) in [4.78, 5) is 10.8. The van der Waals surface area contributed by atoms with E-state index in [1.807, 2.05) is 13.8 Å². The maximum absolute atomic E-state index is 13.7. The van der Waals surface area contributed by atoms with E-state index in [1.165, 1.54) is 23.0 Å². The Balaban J connectivity index is 0.000000861. The summed E-state index contributed by atoms with van der Waals surface area (Å²) in [6.07, 6.45) is 1.18. The van der Waals surface area contributed by atoms with E-state index in [2.05, 4.69) is 5.10 Å². The molecular weight excluding hydrogens is 271 g/mol. The van der Waals surface area contributed by atoms with E-state index < -0.39 is 11.8 Å². The Bertz CT molecular complexity index is 596. The van der Waals surface area contributed by atoms with Crippen LogP contribution in [0.1, 0.15) is 29.9 Å². The first-order valence-corrected chi connectivity index (χ1v) is 6.12. The summed E-state index contributed by atoms with van der Waals surface area (Å²) in [5.41, 5.74) is 0.505. The molecule has 0 fully saturated rings. The maximum atomic E-state index is 13.7. The van der Waals surface area contributed by atoms with Gasteiger partial charge in [-0.3, -0.25) is 0 Å². The van der Waals surface area contributed by atoms with Crippen molar-refractivity contribution in [3.05, 3.63) is 46.5 Å². The second kappa shape index (κ2) is 6.33. The molecule has 0 saturated heterocycles. The van der Waals surface area contributed by atoms with Gasteiger partial charge in [0.25, 0.3) is 0 Å². The van der Waals surface area contributed by atoms with E-state index in [4.69, 9.17) is 16.7 Å². The number of carboxylic acids is 1. The SMILES string of the molecule is CC.Cc1c(C(=O)O)cnn1-c1cccc(Cl)c1F. The van der Waals surface area contributed by atoms with Crippen LogP contribution in [-0.4, -0.2) is 20.9 Å². The average Bonchev–Trinajstić information content (AvgIpc) is 2.77. The first kappa shape index (κ1) is 15.2. The fourth-order valence-corrected chi connectivity index (χ4v) is 1.69. The number of halogens is 2. The number of nitrogens with zero attached hydrogens (tertiary/aromatic N) is 2. The fourth-order valence-electron chi connectivity index (χ4n) is 1.52. The lowest BCUT2D eigenvalue weighted by atomic mass is 10.2. The van der Waals surface area contributed by atoms with Gasteiger partial charge in [-0.1, -0.05) is 31.5 Å². The minimum absolute atomic E-state index is 0.0318. The summed E-state index contributed by atoms with van der Waals surface area (Å²) in [5, 5.41) is 12.7. The van der Waals surface area contributed by atoms with Crippen molar-refractivity contribution in [3.63, 3.8) is 0 Å². The zero-order valence-corrected chi connectivity index (χ0v) is 11.6. The van der Waals surface area contributed by atoms with Gasteiger partial charge in [0.2, 0.25) is 0 Å². The molecule has 0 spiro atoms. The van der Waals surface area contributed by atoms with Crippen LogP contribution in [-0.2, 0) is 0 Å². The van der Waals surface area contributed by atoms with E-state index in [1.54, 1.807) is 13.0 Å². The van der Waals surface area contributed by atoms with Crippen molar-refractivity contribution in [2.75, 3.05) is 0 Å². The maximum Gasteiger partial charge on any atom is 0.339 e. The van der Waals surface area contributed by atoms with Crippen molar-refractivity contribution in [3.8, 4) is 5.69 Å². The van der Waals surface area contributed by atoms with Gasteiger partial charge in [0.15, 0.2) is 5.82 Å². The monoisotopic (exact) mass is 284 g/mol. The highest BCUT2D eigenvalue weighted by Crippen LogP contribution is 2.22. The van der Waals surface area contributed by atoms with Gasteiger partial charge in [-0.05, 0) is 19.1 Å². The van der Waals surface area contributed by atoms with E-state index in [0.29, 0.717) is 5.69 Å². The Morgan fingerprint density at radius 2 is 2.05 bits per heavy atom. The highest BCUT2D eigenvalue weighted by atomic mass is 35.5. The highest BCUT2D eigenvalue weighted by Gasteiger charge is 2.16. The summed E-state index contributed by atoms with van der Waals surface area (Å²) in [6.45, 7) is 5.55. The molecule has 102 valence electrons. The molecule has 1 aromatic carbocycles. The van der Waals surface area contributed by atoms with Gasteiger partial charge in [0, 0.05) is 0 Å². The predicted molar refractivity (Wildman–Crippen MR) is 71.6 cm³/mol. The molecule has 4 nitrogen and oxygen atoms in total. The van der Waals surface area contributed by atoms with E-state index in [0.717, 1.165) is 0 Å². The molecule has 0 aliphatic carbocycles. The molecule has 0 aliphatic heterocycles. The first-order chi connectivity index (χ1) is 9.02. The molecule has 0 saturated carbocycles. The van der Waals surface area contributed by atoms with E-state index >= 15 is 0 Å². The smallest absolute Gasteiger partial charge is 0.339 e. The highest BCUT2D eigenvalue weighted by molar-refractivity contribution is 6.30. The molecule has 6 heteroatoms. The standard InChI is InChI=1S/C11H8ClFN2O2.C2H6/c1-6-7(11(16)17)5-14-15(6)9-4-2-3-8(12)10(9)13;1-2/h2-5H,1H3,(H,16,17);1-2H3. The number of aromatic carboxylic acids is 1. The molecule has 1 aromatic heterocycles. The van der Waals surface area contributed by atoms with Gasteiger partial charge in [-0.15, -0.1) is 0 Å². The van der Waals surface area contributed by atoms with Crippen molar-refractivity contribution in [1.82, 2.24) is 9.78 Å². The zero-order valence-electron chi connectivity index (χ0n) is 10.8. The Morgan fingerprint density at radius 1 is 1.42 bits per heavy atom. The number of hydrogen-bond acceptors (Lipinski definition) is 2. The molecule has 2 aromatic rings. The average molecular weight is 285 g/mol. The second-order valence-electron chi connectivity index (χ2n) is 3.43. The zero-order chi connectivity index (χ0) is 14.6. The van der Waals surface area contributed by atoms with Crippen LogP contribution in [0.4, 0.5) is 4.39 Å². The lowest BCUT2D eigenvalue weighted by molar-refractivity contribution is 0.0696. The molecule has 0 bridgehead atoms. The molecule has 0 amide bonds. The minimum Gasteiger partial charge on any atom is -0.478 e. The van der Waals surface area contributed by atoms with Crippen LogP contribution in [0, 0.1) is 12.7 Å². The van der Waals surface area contributed by atoms with Gasteiger partial charge in [0.1, 0.15) is 11.3 Å². The predicted octanol–water partition coefficient (Wildman–Crippen LogP) is 3.70. The molecular formula is C13H14ClFN2O2. The molecule has 0 unspecified atom stereocenters. The summed E-state index contributed by atoms with van der Waals surface area (Å²) < 4.78 is 15.0.